The highest BCUT2D eigenvalue weighted by Gasteiger charge is 2.31. The summed E-state index contributed by atoms with van der Waals surface area (Å²) in [6.45, 7) is 7.07. The number of alkyl halides is 3. The van der Waals surface area contributed by atoms with Gasteiger partial charge in [0.05, 0.1) is 6.54 Å². The summed E-state index contributed by atoms with van der Waals surface area (Å²) in [5.74, 6) is 0. The normalized spacial score (nSPS) is 12.8. The number of nitrogens with zero attached hydrogens (tertiary/aromatic N) is 1. The number of rotatable bonds is 8. The molecule has 0 radical (unpaired) electrons. The minimum Gasteiger partial charge on any atom is -0.317 e. The second kappa shape index (κ2) is 7.90. The molecule has 16 heavy (non-hydrogen) atoms. The minimum absolute atomic E-state index is 0.0622. The van der Waals surface area contributed by atoms with Gasteiger partial charge in [-0.2, -0.15) is 13.2 Å². The van der Waals surface area contributed by atoms with Gasteiger partial charge in [0.15, 0.2) is 0 Å². The van der Waals surface area contributed by atoms with Crippen molar-refractivity contribution in [2.24, 2.45) is 0 Å². The molecule has 0 aliphatic rings. The molecular weight excluding hydrogens is 217 g/mol. The Labute approximate surface area is 96.2 Å². The first-order valence-electron chi connectivity index (χ1n) is 5.88. The Bertz CT molecular complexity index is 169. The molecule has 5 heteroatoms. The van der Waals surface area contributed by atoms with Gasteiger partial charge in [0, 0.05) is 6.04 Å². The highest BCUT2D eigenvalue weighted by atomic mass is 19.4. The van der Waals surface area contributed by atoms with Crippen molar-refractivity contribution in [3.8, 4) is 0 Å². The molecule has 0 aromatic carbocycles. The molecule has 0 aliphatic heterocycles. The first-order valence-corrected chi connectivity index (χ1v) is 5.88. The van der Waals surface area contributed by atoms with Crippen LogP contribution in [-0.4, -0.2) is 43.3 Å². The summed E-state index contributed by atoms with van der Waals surface area (Å²) in [4.78, 5) is 1.47. The summed E-state index contributed by atoms with van der Waals surface area (Å²) < 4.78 is 36.7. The SMILES string of the molecule is CCCNCCCN(CC(F)(F)F)C(C)C. The summed E-state index contributed by atoms with van der Waals surface area (Å²) in [7, 11) is 0. The monoisotopic (exact) mass is 240 g/mol. The van der Waals surface area contributed by atoms with Crippen molar-refractivity contribution in [2.75, 3.05) is 26.2 Å². The van der Waals surface area contributed by atoms with Crippen LogP contribution in [0.5, 0.6) is 0 Å². The number of halogens is 3. The zero-order valence-corrected chi connectivity index (χ0v) is 10.4. The third-order valence-electron chi connectivity index (χ3n) is 2.34. The molecule has 0 bridgehead atoms. The fourth-order valence-corrected chi connectivity index (χ4v) is 1.46. The van der Waals surface area contributed by atoms with Gasteiger partial charge < -0.3 is 5.32 Å². The van der Waals surface area contributed by atoms with Crippen LogP contribution < -0.4 is 5.32 Å². The lowest BCUT2D eigenvalue weighted by atomic mass is 10.2. The van der Waals surface area contributed by atoms with Crippen molar-refractivity contribution in [2.45, 2.75) is 45.8 Å². The van der Waals surface area contributed by atoms with E-state index in [1.54, 1.807) is 13.8 Å². The van der Waals surface area contributed by atoms with E-state index in [9.17, 15) is 13.2 Å². The summed E-state index contributed by atoms with van der Waals surface area (Å²) in [6.07, 6.45) is -2.29. The molecule has 0 saturated heterocycles. The highest BCUT2D eigenvalue weighted by molar-refractivity contribution is 4.67. The molecule has 0 saturated carbocycles. The van der Waals surface area contributed by atoms with Gasteiger partial charge in [-0.1, -0.05) is 6.92 Å². The average molecular weight is 240 g/mol. The molecule has 0 amide bonds. The Balaban J connectivity index is 3.78. The van der Waals surface area contributed by atoms with Crippen molar-refractivity contribution in [3.63, 3.8) is 0 Å². The summed E-state index contributed by atoms with van der Waals surface area (Å²) in [5, 5.41) is 3.18. The van der Waals surface area contributed by atoms with Crippen LogP contribution in [0.2, 0.25) is 0 Å². The van der Waals surface area contributed by atoms with Gasteiger partial charge in [-0.3, -0.25) is 4.90 Å². The van der Waals surface area contributed by atoms with Gasteiger partial charge in [0.2, 0.25) is 0 Å². The Hall–Kier alpha value is -0.290. The molecule has 1 N–H and O–H groups in total. The second-order valence-electron chi connectivity index (χ2n) is 4.28. The van der Waals surface area contributed by atoms with E-state index in [1.165, 1.54) is 4.90 Å². The molecule has 0 aliphatic carbocycles. The summed E-state index contributed by atoms with van der Waals surface area (Å²) in [5.41, 5.74) is 0. The van der Waals surface area contributed by atoms with Gasteiger partial charge in [0.1, 0.15) is 0 Å². The van der Waals surface area contributed by atoms with Gasteiger partial charge in [-0.05, 0) is 46.3 Å². The van der Waals surface area contributed by atoms with Gasteiger partial charge in [-0.15, -0.1) is 0 Å². The van der Waals surface area contributed by atoms with Crippen LogP contribution >= 0.6 is 0 Å². The molecule has 98 valence electrons. The van der Waals surface area contributed by atoms with E-state index < -0.39 is 12.7 Å². The van der Waals surface area contributed by atoms with Crippen LogP contribution in [0, 0.1) is 0 Å². The maximum absolute atomic E-state index is 12.2. The molecule has 0 heterocycles. The number of nitrogens with one attached hydrogen (secondary N) is 1. The second-order valence-corrected chi connectivity index (χ2v) is 4.28. The van der Waals surface area contributed by atoms with E-state index in [4.69, 9.17) is 0 Å². The molecule has 2 nitrogen and oxygen atoms in total. The number of hydrogen-bond donors (Lipinski definition) is 1. The van der Waals surface area contributed by atoms with Crippen molar-refractivity contribution in [3.05, 3.63) is 0 Å². The van der Waals surface area contributed by atoms with Crippen LogP contribution in [0.25, 0.3) is 0 Å². The maximum atomic E-state index is 12.2. The van der Waals surface area contributed by atoms with Crippen molar-refractivity contribution < 1.29 is 13.2 Å². The highest BCUT2D eigenvalue weighted by Crippen LogP contribution is 2.17. The van der Waals surface area contributed by atoms with E-state index in [1.807, 2.05) is 0 Å². The molecule has 0 aromatic rings. The lowest BCUT2D eigenvalue weighted by Gasteiger charge is -2.27. The molecule has 0 rings (SSSR count). The Morgan fingerprint density at radius 1 is 1.19 bits per heavy atom. The van der Waals surface area contributed by atoms with Crippen LogP contribution in [-0.2, 0) is 0 Å². The summed E-state index contributed by atoms with van der Waals surface area (Å²) >= 11 is 0. The number of hydrogen-bond acceptors (Lipinski definition) is 2. The van der Waals surface area contributed by atoms with Crippen LogP contribution in [0.3, 0.4) is 0 Å². The Morgan fingerprint density at radius 3 is 2.25 bits per heavy atom. The topological polar surface area (TPSA) is 15.3 Å². The Morgan fingerprint density at radius 2 is 1.81 bits per heavy atom. The van der Waals surface area contributed by atoms with Crippen molar-refractivity contribution >= 4 is 0 Å². The van der Waals surface area contributed by atoms with Crippen LogP contribution in [0.15, 0.2) is 0 Å². The first-order chi connectivity index (χ1) is 7.37. The lowest BCUT2D eigenvalue weighted by Crippen LogP contribution is -2.40. The summed E-state index contributed by atoms with van der Waals surface area (Å²) in [6, 6.07) is -0.0622. The largest absolute Gasteiger partial charge is 0.401 e. The first kappa shape index (κ1) is 15.7. The predicted octanol–water partition coefficient (Wildman–Crippen LogP) is 2.65. The van der Waals surface area contributed by atoms with E-state index in [-0.39, 0.29) is 6.04 Å². The van der Waals surface area contributed by atoms with E-state index >= 15 is 0 Å². The fourth-order valence-electron chi connectivity index (χ4n) is 1.46. The van der Waals surface area contributed by atoms with Crippen molar-refractivity contribution in [1.29, 1.82) is 0 Å². The van der Waals surface area contributed by atoms with Crippen LogP contribution in [0.4, 0.5) is 13.2 Å². The average Bonchev–Trinajstić information content (AvgIpc) is 2.13. The molecule has 0 fully saturated rings. The zero-order chi connectivity index (χ0) is 12.6. The van der Waals surface area contributed by atoms with E-state index in [0.717, 1.165) is 25.9 Å². The van der Waals surface area contributed by atoms with E-state index in [2.05, 4.69) is 12.2 Å². The third-order valence-corrected chi connectivity index (χ3v) is 2.34. The zero-order valence-electron chi connectivity index (χ0n) is 10.4. The van der Waals surface area contributed by atoms with Gasteiger partial charge in [-0.25, -0.2) is 0 Å². The van der Waals surface area contributed by atoms with E-state index in [0.29, 0.717) is 6.54 Å². The molecule has 0 unspecified atom stereocenters. The molecule has 0 aromatic heterocycles. The Kier molecular flexibility index (Phi) is 7.76. The smallest absolute Gasteiger partial charge is 0.317 e. The molecule has 0 atom stereocenters. The molecular formula is C11H23F3N2. The van der Waals surface area contributed by atoms with Gasteiger partial charge in [0.25, 0.3) is 0 Å². The molecule has 0 spiro atoms. The standard InChI is InChI=1S/C11H23F3N2/c1-4-6-15-7-5-8-16(10(2)3)9-11(12,13)14/h10,15H,4-9H2,1-3H3. The predicted molar refractivity (Wildman–Crippen MR) is 60.5 cm³/mol. The quantitative estimate of drug-likeness (QED) is 0.656. The fraction of sp³-hybridized carbons (Fsp3) is 1.00. The lowest BCUT2D eigenvalue weighted by molar-refractivity contribution is -0.149. The van der Waals surface area contributed by atoms with Gasteiger partial charge >= 0.3 is 6.18 Å². The minimum atomic E-state index is -4.10. The third kappa shape index (κ3) is 8.97. The van der Waals surface area contributed by atoms with Crippen molar-refractivity contribution in [1.82, 2.24) is 10.2 Å². The van der Waals surface area contributed by atoms with Crippen LogP contribution in [0.1, 0.15) is 33.6 Å². The maximum Gasteiger partial charge on any atom is 0.401 e.